The van der Waals surface area contributed by atoms with Crippen LogP contribution in [-0.4, -0.2) is 31.2 Å². The Kier molecular flexibility index (Phi) is 3.50. The maximum absolute atomic E-state index is 4.43. The lowest BCUT2D eigenvalue weighted by Crippen LogP contribution is -2.47. The number of aryl methyl sites for hydroxylation is 1. The second-order valence-electron chi connectivity index (χ2n) is 3.86. The van der Waals surface area contributed by atoms with Crippen molar-refractivity contribution < 1.29 is 0 Å². The molecule has 0 amide bonds. The monoisotopic (exact) mass is 211 g/mol. The van der Waals surface area contributed by atoms with Gasteiger partial charge >= 0.3 is 0 Å². The number of hydrogen-bond acceptors (Lipinski definition) is 4. The minimum Gasteiger partial charge on any atom is -0.316 e. The van der Waals surface area contributed by atoms with Crippen LogP contribution in [0.15, 0.2) is 5.38 Å². The van der Waals surface area contributed by atoms with Gasteiger partial charge in [0.15, 0.2) is 0 Å². The summed E-state index contributed by atoms with van der Waals surface area (Å²) in [4.78, 5) is 4.43. The second kappa shape index (κ2) is 4.87. The summed E-state index contributed by atoms with van der Waals surface area (Å²) in [6.45, 7) is 6.63. The summed E-state index contributed by atoms with van der Waals surface area (Å²) in [6, 6.07) is 0. The fraction of sp³-hybridized carbons (Fsp3) is 0.700. The highest BCUT2D eigenvalue weighted by Gasteiger charge is 2.15. The minimum atomic E-state index is 0.855. The molecule has 1 fully saturated rings. The van der Waals surface area contributed by atoms with Crippen molar-refractivity contribution in [2.75, 3.05) is 26.2 Å². The van der Waals surface area contributed by atoms with Gasteiger partial charge in [-0.15, -0.1) is 11.3 Å². The predicted octanol–water partition coefficient (Wildman–Crippen LogP) is 0.803. The Balaban J connectivity index is 1.58. The zero-order valence-electron chi connectivity index (χ0n) is 8.55. The van der Waals surface area contributed by atoms with E-state index in [1.807, 2.05) is 6.92 Å². The molecule has 0 spiro atoms. The molecule has 0 bridgehead atoms. The van der Waals surface area contributed by atoms with Gasteiger partial charge in [0.05, 0.1) is 5.01 Å². The van der Waals surface area contributed by atoms with E-state index in [0.717, 1.165) is 31.1 Å². The molecule has 1 saturated heterocycles. The van der Waals surface area contributed by atoms with E-state index in [1.165, 1.54) is 18.1 Å². The Hall–Kier alpha value is -0.450. The topological polar surface area (TPSA) is 37.0 Å². The molecule has 1 aromatic rings. The zero-order chi connectivity index (χ0) is 9.80. The third kappa shape index (κ3) is 2.77. The number of nitrogens with one attached hydrogen (secondary N) is 2. The van der Waals surface area contributed by atoms with Crippen LogP contribution < -0.4 is 10.6 Å². The largest absolute Gasteiger partial charge is 0.316 e. The average Bonchev–Trinajstić information content (AvgIpc) is 2.48. The van der Waals surface area contributed by atoms with Crippen molar-refractivity contribution in [1.29, 1.82) is 0 Å². The van der Waals surface area contributed by atoms with E-state index in [9.17, 15) is 0 Å². The fourth-order valence-electron chi connectivity index (χ4n) is 1.51. The molecule has 0 aliphatic carbocycles. The summed E-state index contributed by atoms with van der Waals surface area (Å²) in [5, 5.41) is 10.1. The van der Waals surface area contributed by atoms with Crippen molar-refractivity contribution in [2.24, 2.45) is 5.92 Å². The van der Waals surface area contributed by atoms with Crippen LogP contribution in [0.4, 0.5) is 0 Å². The first-order valence-electron chi connectivity index (χ1n) is 5.17. The van der Waals surface area contributed by atoms with Crippen LogP contribution in [0, 0.1) is 12.8 Å². The van der Waals surface area contributed by atoms with Crippen LogP contribution in [0.1, 0.15) is 10.7 Å². The molecule has 0 unspecified atom stereocenters. The van der Waals surface area contributed by atoms with Gasteiger partial charge in [-0.3, -0.25) is 0 Å². The molecule has 4 heteroatoms. The van der Waals surface area contributed by atoms with E-state index >= 15 is 0 Å². The van der Waals surface area contributed by atoms with Gasteiger partial charge in [-0.25, -0.2) is 4.98 Å². The highest BCUT2D eigenvalue weighted by Crippen LogP contribution is 2.08. The summed E-state index contributed by atoms with van der Waals surface area (Å²) < 4.78 is 0. The molecule has 78 valence electrons. The lowest BCUT2D eigenvalue weighted by Gasteiger charge is -2.27. The number of rotatable bonds is 5. The Bertz CT molecular complexity index is 281. The Labute approximate surface area is 88.9 Å². The maximum Gasteiger partial charge on any atom is 0.0940 e. The highest BCUT2D eigenvalue weighted by molar-refractivity contribution is 7.09. The lowest BCUT2D eigenvalue weighted by atomic mass is 10.0. The van der Waals surface area contributed by atoms with Crippen molar-refractivity contribution in [3.63, 3.8) is 0 Å². The van der Waals surface area contributed by atoms with Crippen molar-refractivity contribution in [2.45, 2.75) is 13.3 Å². The van der Waals surface area contributed by atoms with Crippen LogP contribution in [-0.2, 0) is 6.42 Å². The summed E-state index contributed by atoms with van der Waals surface area (Å²) in [5.41, 5.74) is 1.15. The molecule has 1 aliphatic rings. The number of aromatic nitrogens is 1. The molecule has 14 heavy (non-hydrogen) atoms. The fourth-order valence-corrected chi connectivity index (χ4v) is 2.29. The van der Waals surface area contributed by atoms with Gasteiger partial charge in [0.1, 0.15) is 0 Å². The summed E-state index contributed by atoms with van der Waals surface area (Å²) >= 11 is 1.76. The van der Waals surface area contributed by atoms with Gasteiger partial charge < -0.3 is 10.6 Å². The second-order valence-corrected chi connectivity index (χ2v) is 4.80. The molecule has 3 nitrogen and oxygen atoms in total. The number of nitrogens with zero attached hydrogens (tertiary/aromatic N) is 1. The highest BCUT2D eigenvalue weighted by atomic mass is 32.1. The third-order valence-electron chi connectivity index (χ3n) is 2.48. The van der Waals surface area contributed by atoms with Gasteiger partial charge in [-0.1, -0.05) is 0 Å². The third-order valence-corrected chi connectivity index (χ3v) is 3.51. The zero-order valence-corrected chi connectivity index (χ0v) is 9.36. The first-order valence-corrected chi connectivity index (χ1v) is 6.05. The van der Waals surface area contributed by atoms with Crippen LogP contribution in [0.25, 0.3) is 0 Å². The van der Waals surface area contributed by atoms with Crippen molar-refractivity contribution in [3.8, 4) is 0 Å². The van der Waals surface area contributed by atoms with E-state index in [1.54, 1.807) is 11.3 Å². The predicted molar refractivity (Wildman–Crippen MR) is 59.8 cm³/mol. The number of thiazole rings is 1. The molecular formula is C10H17N3S. The van der Waals surface area contributed by atoms with E-state index in [-0.39, 0.29) is 0 Å². The number of hydrogen-bond donors (Lipinski definition) is 2. The lowest BCUT2D eigenvalue weighted by molar-refractivity contribution is 0.333. The quantitative estimate of drug-likeness (QED) is 0.708. The molecule has 1 aromatic heterocycles. The van der Waals surface area contributed by atoms with Crippen LogP contribution in [0.2, 0.25) is 0 Å². The maximum atomic E-state index is 4.43. The minimum absolute atomic E-state index is 0.855. The van der Waals surface area contributed by atoms with Crippen molar-refractivity contribution in [3.05, 3.63) is 16.1 Å². The van der Waals surface area contributed by atoms with Gasteiger partial charge in [0, 0.05) is 43.7 Å². The Morgan fingerprint density at radius 3 is 3.07 bits per heavy atom. The van der Waals surface area contributed by atoms with Crippen molar-refractivity contribution >= 4 is 11.3 Å². The average molecular weight is 211 g/mol. The van der Waals surface area contributed by atoms with E-state index in [4.69, 9.17) is 0 Å². The molecule has 2 N–H and O–H groups in total. The van der Waals surface area contributed by atoms with Gasteiger partial charge in [-0.2, -0.15) is 0 Å². The first-order chi connectivity index (χ1) is 6.84. The smallest absolute Gasteiger partial charge is 0.0940 e. The van der Waals surface area contributed by atoms with E-state index in [2.05, 4.69) is 21.0 Å². The summed E-state index contributed by atoms with van der Waals surface area (Å²) in [5.74, 6) is 0.855. The Morgan fingerprint density at radius 1 is 1.64 bits per heavy atom. The molecule has 2 rings (SSSR count). The normalized spacial score (nSPS) is 16.9. The molecular weight excluding hydrogens is 194 g/mol. The van der Waals surface area contributed by atoms with Crippen molar-refractivity contribution in [1.82, 2.24) is 15.6 Å². The molecule has 0 saturated carbocycles. The van der Waals surface area contributed by atoms with Gasteiger partial charge in [0.2, 0.25) is 0 Å². The standard InChI is InChI=1S/C10H17N3S/c1-8-7-14-10(13-8)2-3-11-4-9-5-12-6-9/h7,9,11-12H,2-6H2,1H3. The van der Waals surface area contributed by atoms with Crippen LogP contribution >= 0.6 is 11.3 Å². The van der Waals surface area contributed by atoms with Crippen LogP contribution in [0.3, 0.4) is 0 Å². The summed E-state index contributed by atoms with van der Waals surface area (Å²) in [7, 11) is 0. The van der Waals surface area contributed by atoms with E-state index in [0.29, 0.717) is 0 Å². The first kappa shape index (κ1) is 10.1. The molecule has 0 atom stereocenters. The molecule has 0 radical (unpaired) electrons. The summed E-state index contributed by atoms with van der Waals surface area (Å²) in [6.07, 6.45) is 1.07. The van der Waals surface area contributed by atoms with E-state index < -0.39 is 0 Å². The molecule has 2 heterocycles. The molecule has 1 aliphatic heterocycles. The van der Waals surface area contributed by atoms with Gasteiger partial charge in [0.25, 0.3) is 0 Å². The SMILES string of the molecule is Cc1csc(CCNCC2CNC2)n1. The van der Waals surface area contributed by atoms with Crippen LogP contribution in [0.5, 0.6) is 0 Å². The van der Waals surface area contributed by atoms with Gasteiger partial charge in [-0.05, 0) is 12.8 Å². The Morgan fingerprint density at radius 2 is 2.50 bits per heavy atom. The molecule has 0 aromatic carbocycles.